The van der Waals surface area contributed by atoms with Gasteiger partial charge in [0.05, 0.1) is 30.8 Å². The number of nitrogens with one attached hydrogen (secondary N) is 1. The van der Waals surface area contributed by atoms with E-state index in [1.165, 1.54) is 10.7 Å². The maximum Gasteiger partial charge on any atom is 0.410 e. The number of hydrogen-bond donors (Lipinski definition) is 1. The van der Waals surface area contributed by atoms with E-state index in [0.29, 0.717) is 42.4 Å². The minimum absolute atomic E-state index is 0.0480. The van der Waals surface area contributed by atoms with Gasteiger partial charge in [0.15, 0.2) is 28.8 Å². The van der Waals surface area contributed by atoms with Crippen LogP contribution in [0.4, 0.5) is 19.4 Å². The van der Waals surface area contributed by atoms with Gasteiger partial charge in [-0.1, -0.05) is 0 Å². The summed E-state index contributed by atoms with van der Waals surface area (Å²) in [5, 5.41) is 7.35. The Morgan fingerprint density at radius 2 is 1.94 bits per heavy atom. The Hall–Kier alpha value is -3.50. The van der Waals surface area contributed by atoms with Gasteiger partial charge in [-0.05, 0) is 46.5 Å². The van der Waals surface area contributed by atoms with Gasteiger partial charge in [-0.15, -0.1) is 0 Å². The fourth-order valence-corrected chi connectivity index (χ4v) is 4.42. The number of methoxy groups -OCH3 is 1. The summed E-state index contributed by atoms with van der Waals surface area (Å²) in [6, 6.07) is 0.549. The fourth-order valence-electron chi connectivity index (χ4n) is 4.42. The van der Waals surface area contributed by atoms with E-state index in [-0.39, 0.29) is 17.6 Å². The maximum absolute atomic E-state index is 15.0. The summed E-state index contributed by atoms with van der Waals surface area (Å²) in [5.41, 5.74) is 0.933. The number of aromatic nitrogens is 4. The molecule has 3 aromatic heterocycles. The van der Waals surface area contributed by atoms with Crippen molar-refractivity contribution < 1.29 is 23.0 Å². The number of likely N-dealkylation sites (tertiary alicyclic amines) is 1. The maximum atomic E-state index is 15.0. The number of fused-ring (bicyclic) bond motifs is 1. The number of hydrogen-bond acceptors (Lipinski definition) is 7. The van der Waals surface area contributed by atoms with Crippen LogP contribution in [0.25, 0.3) is 16.9 Å². The van der Waals surface area contributed by atoms with Gasteiger partial charge in [0, 0.05) is 31.1 Å². The summed E-state index contributed by atoms with van der Waals surface area (Å²) in [4.78, 5) is 23.1. The third kappa shape index (κ3) is 4.91. The lowest BCUT2D eigenvalue weighted by Crippen LogP contribution is -2.47. The highest BCUT2D eigenvalue weighted by molar-refractivity contribution is 5.76. The van der Waals surface area contributed by atoms with Crippen LogP contribution in [0.1, 0.15) is 58.1 Å². The molecule has 0 spiro atoms. The quantitative estimate of drug-likeness (QED) is 0.540. The van der Waals surface area contributed by atoms with Gasteiger partial charge in [0.2, 0.25) is 0 Å². The number of ether oxygens (including phenoxy) is 2. The highest BCUT2D eigenvalue weighted by Crippen LogP contribution is 2.43. The zero-order chi connectivity index (χ0) is 25.6. The SMILES string of the molecule is COc1cn2ncc(-c3nc(NC4CCCN(C(=O)OC(C)(C)C)C4)c(F)cc3F)c2nc1C1CC1. The van der Waals surface area contributed by atoms with Crippen molar-refractivity contribution in [3.05, 3.63) is 35.8 Å². The van der Waals surface area contributed by atoms with Crippen molar-refractivity contribution in [1.82, 2.24) is 24.5 Å². The molecule has 1 atom stereocenters. The highest BCUT2D eigenvalue weighted by atomic mass is 19.1. The minimum Gasteiger partial charge on any atom is -0.493 e. The van der Waals surface area contributed by atoms with Crippen LogP contribution in [0.5, 0.6) is 5.75 Å². The van der Waals surface area contributed by atoms with E-state index in [2.05, 4.69) is 15.4 Å². The first-order chi connectivity index (χ1) is 17.1. The second-order valence-corrected chi connectivity index (χ2v) is 10.4. The molecule has 11 heteroatoms. The molecule has 1 saturated carbocycles. The number of pyridine rings is 1. The molecule has 1 unspecified atom stereocenters. The Balaban J connectivity index is 1.42. The first-order valence-corrected chi connectivity index (χ1v) is 12.2. The molecular formula is C25H30F2N6O3. The predicted octanol–water partition coefficient (Wildman–Crippen LogP) is 4.77. The number of amides is 1. The van der Waals surface area contributed by atoms with E-state index >= 15 is 0 Å². The molecule has 5 rings (SSSR count). The molecule has 0 aromatic carbocycles. The van der Waals surface area contributed by atoms with Crippen LogP contribution in [0.3, 0.4) is 0 Å². The van der Waals surface area contributed by atoms with Gasteiger partial charge < -0.3 is 19.7 Å². The molecule has 2 aliphatic rings. The number of carbonyl (C=O) groups is 1. The van der Waals surface area contributed by atoms with E-state index in [9.17, 15) is 13.6 Å². The monoisotopic (exact) mass is 500 g/mol. The summed E-state index contributed by atoms with van der Waals surface area (Å²) >= 11 is 0. The van der Waals surface area contributed by atoms with Crippen molar-refractivity contribution in [2.45, 2.75) is 64.0 Å². The van der Waals surface area contributed by atoms with Crippen molar-refractivity contribution >= 4 is 17.6 Å². The third-order valence-corrected chi connectivity index (χ3v) is 6.27. The molecule has 3 aromatic rings. The van der Waals surface area contributed by atoms with Crippen molar-refractivity contribution in [3.63, 3.8) is 0 Å². The van der Waals surface area contributed by atoms with E-state index in [0.717, 1.165) is 31.0 Å². The molecule has 1 saturated heterocycles. The largest absolute Gasteiger partial charge is 0.493 e. The standard InChI is InChI=1S/C25H30F2N6O3/c1-25(2,3)36-24(34)32-9-5-6-15(12-32)29-22-18(27)10-17(26)21(30-22)16-11-28-33-13-19(35-4)20(14-7-8-14)31-23(16)33/h10-11,13-15H,5-9,12H2,1-4H3,(H,29,30). The van der Waals surface area contributed by atoms with Crippen LogP contribution in [0.2, 0.25) is 0 Å². The number of nitrogens with zero attached hydrogens (tertiary/aromatic N) is 5. The topological polar surface area (TPSA) is 93.9 Å². The molecule has 1 N–H and O–H groups in total. The van der Waals surface area contributed by atoms with Gasteiger partial charge in [0.25, 0.3) is 0 Å². The summed E-state index contributed by atoms with van der Waals surface area (Å²) in [6.07, 6.45) is 6.22. The zero-order valence-electron chi connectivity index (χ0n) is 20.8. The van der Waals surface area contributed by atoms with Crippen LogP contribution < -0.4 is 10.1 Å². The van der Waals surface area contributed by atoms with Crippen LogP contribution in [0, 0.1) is 11.6 Å². The molecule has 1 aliphatic carbocycles. The molecule has 1 amide bonds. The number of anilines is 1. The average Bonchev–Trinajstić information content (AvgIpc) is 3.59. The van der Waals surface area contributed by atoms with E-state index in [1.807, 2.05) is 20.8 Å². The van der Waals surface area contributed by atoms with E-state index in [1.54, 1.807) is 18.2 Å². The molecule has 2 fully saturated rings. The van der Waals surface area contributed by atoms with E-state index < -0.39 is 23.3 Å². The van der Waals surface area contributed by atoms with Gasteiger partial charge in [-0.3, -0.25) is 0 Å². The molecule has 192 valence electrons. The lowest BCUT2D eigenvalue weighted by molar-refractivity contribution is 0.0206. The second-order valence-electron chi connectivity index (χ2n) is 10.4. The van der Waals surface area contributed by atoms with E-state index in [4.69, 9.17) is 14.5 Å². The Morgan fingerprint density at radius 3 is 2.64 bits per heavy atom. The fraction of sp³-hybridized carbons (Fsp3) is 0.520. The summed E-state index contributed by atoms with van der Waals surface area (Å²) in [7, 11) is 1.58. The number of halogens is 2. The van der Waals surface area contributed by atoms with Gasteiger partial charge in [-0.2, -0.15) is 5.10 Å². The van der Waals surface area contributed by atoms with Crippen molar-refractivity contribution in [2.75, 3.05) is 25.5 Å². The van der Waals surface area contributed by atoms with Crippen LogP contribution in [0.15, 0.2) is 18.5 Å². The van der Waals surface area contributed by atoms with Gasteiger partial charge in [-0.25, -0.2) is 28.1 Å². The van der Waals surface area contributed by atoms with Crippen LogP contribution in [-0.2, 0) is 4.74 Å². The smallest absolute Gasteiger partial charge is 0.410 e. The molecule has 1 aliphatic heterocycles. The Morgan fingerprint density at radius 1 is 1.17 bits per heavy atom. The van der Waals surface area contributed by atoms with Crippen molar-refractivity contribution in [1.29, 1.82) is 0 Å². The molecule has 0 radical (unpaired) electrons. The lowest BCUT2D eigenvalue weighted by atomic mass is 10.1. The van der Waals surface area contributed by atoms with Crippen molar-refractivity contribution in [2.24, 2.45) is 0 Å². The van der Waals surface area contributed by atoms with Crippen molar-refractivity contribution in [3.8, 4) is 17.0 Å². The average molecular weight is 501 g/mol. The second kappa shape index (κ2) is 9.18. The minimum atomic E-state index is -0.810. The Labute approximate surface area is 207 Å². The number of rotatable bonds is 5. The van der Waals surface area contributed by atoms with Gasteiger partial charge >= 0.3 is 6.09 Å². The Kier molecular flexibility index (Phi) is 6.17. The summed E-state index contributed by atoms with van der Waals surface area (Å²) in [5.74, 6) is -0.776. The normalized spacial score (nSPS) is 18.4. The predicted molar refractivity (Wildman–Crippen MR) is 129 cm³/mol. The molecule has 0 bridgehead atoms. The van der Waals surface area contributed by atoms with Gasteiger partial charge in [0.1, 0.15) is 11.3 Å². The Bertz CT molecular complexity index is 1300. The first-order valence-electron chi connectivity index (χ1n) is 12.2. The number of carbonyl (C=O) groups excluding carboxylic acids is 1. The summed E-state index contributed by atoms with van der Waals surface area (Å²) in [6.45, 7) is 6.30. The summed E-state index contributed by atoms with van der Waals surface area (Å²) < 4.78 is 42.2. The molecule has 9 nitrogen and oxygen atoms in total. The highest BCUT2D eigenvalue weighted by Gasteiger charge is 2.31. The number of piperidine rings is 1. The molecule has 36 heavy (non-hydrogen) atoms. The lowest BCUT2D eigenvalue weighted by Gasteiger charge is -2.34. The van der Waals surface area contributed by atoms with Crippen LogP contribution in [-0.4, -0.2) is 62.4 Å². The molecular weight excluding hydrogens is 470 g/mol. The third-order valence-electron chi connectivity index (χ3n) is 6.27. The molecule has 4 heterocycles. The zero-order valence-corrected chi connectivity index (χ0v) is 20.8. The first kappa shape index (κ1) is 24.2. The van der Waals surface area contributed by atoms with Crippen LogP contribution >= 0.6 is 0 Å².